The van der Waals surface area contributed by atoms with E-state index in [0.29, 0.717) is 0 Å². The number of rotatable bonds is 0. The summed E-state index contributed by atoms with van der Waals surface area (Å²) in [4.78, 5) is 0. The minimum atomic E-state index is -9.04. The number of hydrogen-bond donors (Lipinski definition) is 0. The molecular weight excluding hydrogens is 155 g/mol. The maximum atomic E-state index is 8.60. The summed E-state index contributed by atoms with van der Waals surface area (Å²) in [6.45, 7) is 0. The first kappa shape index (κ1) is 6.29. The van der Waals surface area contributed by atoms with Crippen LogP contribution in [-0.2, 0) is 33.3 Å². The van der Waals surface area contributed by atoms with Gasteiger partial charge in [0.1, 0.15) is 0 Å². The summed E-state index contributed by atoms with van der Waals surface area (Å²) in [5.74, 6) is 0. The summed E-state index contributed by atoms with van der Waals surface area (Å²) in [6, 6.07) is 0. The Kier molecular flexibility index (Phi) is 0.429. The van der Waals surface area contributed by atoms with E-state index in [1.807, 2.05) is 0 Å². The topological polar surface area (TPSA) is 102 Å². The molecule has 0 aromatic rings. The predicted octanol–water partition coefficient (Wildman–Crippen LogP) is -0.715. The molecule has 0 bridgehead atoms. The van der Waals surface area contributed by atoms with Crippen molar-refractivity contribution in [1.82, 2.24) is 0 Å². The Bertz CT molecular complexity index is 432. The van der Waals surface area contributed by atoms with Crippen molar-refractivity contribution in [2.24, 2.45) is 0 Å². The van der Waals surface area contributed by atoms with Gasteiger partial charge in [0.2, 0.25) is 0 Å². The van der Waals surface area contributed by atoms with E-state index in [1.54, 1.807) is 0 Å². The molecule has 0 aliphatic heterocycles. The van der Waals surface area contributed by atoms with E-state index in [-0.39, 0.29) is 0 Å². The van der Waals surface area contributed by atoms with Gasteiger partial charge >= 0.3 is 33.3 Å². The Hall–Kier alpha value is -0.706. The van der Waals surface area contributed by atoms with Crippen LogP contribution >= 0.6 is 0 Å². The van der Waals surface area contributed by atoms with Crippen LogP contribution in [0.15, 0.2) is 0 Å². The minimum absolute atomic E-state index is 8.60. The van der Waals surface area contributed by atoms with Crippen molar-refractivity contribution < 1.29 is 33.3 Å². The first-order chi connectivity index (χ1) is 2.45. The second kappa shape index (κ2) is 0.478. The van der Waals surface area contributed by atoms with Crippen molar-refractivity contribution in [2.45, 2.75) is 0 Å². The molecule has 46 valence electrons. The molecule has 6 nitrogen and oxygen atoms in total. The van der Waals surface area contributed by atoms with Gasteiger partial charge in [0.25, 0.3) is 0 Å². The van der Waals surface area contributed by atoms with Crippen molar-refractivity contribution in [2.75, 3.05) is 0 Å². The van der Waals surface area contributed by atoms with Gasteiger partial charge in [-0.3, -0.25) is 0 Å². The van der Waals surface area contributed by atoms with Crippen LogP contribution in [-0.4, -0.2) is 0 Å². The number of hydrogen-bond acceptors (Lipinski definition) is 6. The molecule has 0 N–H and O–H groups in total. The van der Waals surface area contributed by atoms with Crippen LogP contribution < -0.4 is 0 Å². The standard InChI is InChI=1S/Ni.6O. The van der Waals surface area contributed by atoms with E-state index in [9.17, 15) is 0 Å². The Morgan fingerprint density at radius 3 is 0.571 bits per heavy atom. The fraction of sp³-hybridized carbons (Fsp3) is 0. The molecule has 0 heterocycles. The Morgan fingerprint density at radius 1 is 0.571 bits per heavy atom. The van der Waals surface area contributed by atoms with E-state index in [4.69, 9.17) is 23.4 Å². The summed E-state index contributed by atoms with van der Waals surface area (Å²) in [5.41, 5.74) is 0. The molecule has 0 fully saturated rings. The van der Waals surface area contributed by atoms with Gasteiger partial charge in [-0.1, -0.05) is 0 Å². The van der Waals surface area contributed by atoms with Gasteiger partial charge in [0.05, 0.1) is 0 Å². The second-order valence-electron chi connectivity index (χ2n) is 0.791. The van der Waals surface area contributed by atoms with Crippen LogP contribution in [0.5, 0.6) is 0 Å². The monoisotopic (exact) mass is 154 g/mol. The second-order valence-corrected chi connectivity index (χ2v) is 3.26. The summed E-state index contributed by atoms with van der Waals surface area (Å²) in [5, 5.41) is 0. The normalized spacial score (nSPS) is 22.3. The van der Waals surface area contributed by atoms with Gasteiger partial charge in [0, 0.05) is 0 Å². The molecule has 0 saturated heterocycles. The summed E-state index contributed by atoms with van der Waals surface area (Å²) in [6.07, 6.45) is 0. The average molecular weight is 155 g/mol. The molecular formula is NiO6. The van der Waals surface area contributed by atoms with E-state index in [0.717, 1.165) is 0 Å². The third-order valence-corrected chi connectivity index (χ3v) is 0. The van der Waals surface area contributed by atoms with Gasteiger partial charge in [0.15, 0.2) is 0 Å². The van der Waals surface area contributed by atoms with Crippen LogP contribution in [0.25, 0.3) is 0 Å². The zero-order valence-electron chi connectivity index (χ0n) is 2.77. The van der Waals surface area contributed by atoms with Gasteiger partial charge in [-0.2, -0.15) is 0 Å². The molecule has 0 aliphatic carbocycles. The molecule has 0 rings (SSSR count). The third-order valence-electron chi connectivity index (χ3n) is 0. The van der Waals surface area contributed by atoms with Crippen molar-refractivity contribution >= 4 is 0 Å². The quantitative estimate of drug-likeness (QED) is 0.427. The summed E-state index contributed by atoms with van der Waals surface area (Å²) in [7, 11) is -9.04. The van der Waals surface area contributed by atoms with E-state index >= 15 is 0 Å². The van der Waals surface area contributed by atoms with E-state index in [1.165, 1.54) is 0 Å². The SMILES string of the molecule is [O]=[Ni](=[O])(=[O])(=[O])(=[O])=[O]. The molecule has 0 radical (unpaired) electrons. The Labute approximate surface area is 34.2 Å². The van der Waals surface area contributed by atoms with Gasteiger partial charge in [-0.15, -0.1) is 0 Å². The van der Waals surface area contributed by atoms with Gasteiger partial charge in [-0.25, -0.2) is 0 Å². The molecule has 0 unspecified atom stereocenters. The zero-order chi connectivity index (χ0) is 6.41. The van der Waals surface area contributed by atoms with E-state index < -0.39 is 9.90 Å². The first-order valence-corrected chi connectivity index (χ1v) is 3.19. The molecule has 7 heavy (non-hydrogen) atoms. The van der Waals surface area contributed by atoms with Crippen molar-refractivity contribution in [1.29, 1.82) is 0 Å². The fourth-order valence-electron chi connectivity index (χ4n) is 0. The summed E-state index contributed by atoms with van der Waals surface area (Å²) >= 11 is 0. The van der Waals surface area contributed by atoms with E-state index in [2.05, 4.69) is 0 Å². The molecule has 0 amide bonds. The van der Waals surface area contributed by atoms with Gasteiger partial charge in [-0.05, 0) is 0 Å². The molecule has 0 atom stereocenters. The molecule has 0 aromatic heterocycles. The molecule has 0 saturated carbocycles. The molecule has 7 heteroatoms. The zero-order valence-corrected chi connectivity index (χ0v) is 3.75. The average Bonchev–Trinajstić information content (AvgIpc) is 0.592. The Balaban J connectivity index is 8.86. The van der Waals surface area contributed by atoms with Gasteiger partial charge < -0.3 is 0 Å². The fourth-order valence-corrected chi connectivity index (χ4v) is 0. The predicted molar refractivity (Wildman–Crippen MR) is 4.12 cm³/mol. The first-order valence-electron chi connectivity index (χ1n) is 0.775. The third kappa shape index (κ3) is 115. The van der Waals surface area contributed by atoms with Crippen LogP contribution in [0, 0.1) is 0 Å². The van der Waals surface area contributed by atoms with Crippen molar-refractivity contribution in [3.8, 4) is 0 Å². The molecule has 0 aliphatic rings. The van der Waals surface area contributed by atoms with Crippen LogP contribution in [0.3, 0.4) is 0 Å². The van der Waals surface area contributed by atoms with Crippen LogP contribution in [0.2, 0.25) is 0 Å². The van der Waals surface area contributed by atoms with Crippen LogP contribution in [0.4, 0.5) is 0 Å². The van der Waals surface area contributed by atoms with Crippen LogP contribution in [0.1, 0.15) is 0 Å². The Morgan fingerprint density at radius 2 is 0.571 bits per heavy atom. The molecule has 0 aromatic carbocycles. The summed E-state index contributed by atoms with van der Waals surface area (Å²) < 4.78 is 51.6. The maximum absolute atomic E-state index is 9.04. The van der Waals surface area contributed by atoms with Crippen molar-refractivity contribution in [3.63, 3.8) is 0 Å². The molecule has 0 spiro atoms. The van der Waals surface area contributed by atoms with Crippen molar-refractivity contribution in [3.05, 3.63) is 0 Å².